The van der Waals surface area contributed by atoms with E-state index in [1.54, 1.807) is 0 Å². The van der Waals surface area contributed by atoms with Crippen molar-refractivity contribution in [2.75, 3.05) is 19.7 Å². The summed E-state index contributed by atoms with van der Waals surface area (Å²) in [6.45, 7) is 6.12. The summed E-state index contributed by atoms with van der Waals surface area (Å²) in [6.07, 6.45) is 8.91. The second-order valence-corrected chi connectivity index (χ2v) is 5.99. The highest BCUT2D eigenvalue weighted by atomic mass is 16.5. The Morgan fingerprint density at radius 3 is 2.29 bits per heavy atom. The first-order chi connectivity index (χ1) is 10.2. The maximum atomic E-state index is 12.1. The van der Waals surface area contributed by atoms with Gasteiger partial charge in [-0.15, -0.1) is 0 Å². The number of likely N-dealkylation sites (tertiary alicyclic amines) is 1. The number of unbranched alkanes of at least 4 members (excludes halogenated alkanes) is 4. The minimum Gasteiger partial charge on any atom is -0.465 e. The van der Waals surface area contributed by atoms with Gasteiger partial charge in [-0.2, -0.15) is 0 Å². The largest absolute Gasteiger partial charge is 0.465 e. The maximum Gasteiger partial charge on any atom is 0.309 e. The number of amides is 1. The molecule has 0 unspecified atom stereocenters. The lowest BCUT2D eigenvalue weighted by atomic mass is 9.96. The number of carbonyl (C=O) groups excluding carboxylic acids is 2. The molecule has 0 N–H and O–H groups in total. The van der Waals surface area contributed by atoms with E-state index in [0.29, 0.717) is 26.1 Å². The summed E-state index contributed by atoms with van der Waals surface area (Å²) in [5.41, 5.74) is 0. The van der Waals surface area contributed by atoms with Crippen LogP contribution in [-0.4, -0.2) is 36.5 Å². The fourth-order valence-electron chi connectivity index (χ4n) is 2.72. The summed E-state index contributed by atoms with van der Waals surface area (Å²) in [5, 5.41) is 0. The van der Waals surface area contributed by atoms with Crippen molar-refractivity contribution in [3.05, 3.63) is 0 Å². The Morgan fingerprint density at radius 1 is 1.00 bits per heavy atom. The number of ether oxygens (including phenoxy) is 1. The van der Waals surface area contributed by atoms with Crippen molar-refractivity contribution < 1.29 is 14.3 Å². The lowest BCUT2D eigenvalue weighted by Gasteiger charge is -2.31. The first-order valence-corrected chi connectivity index (χ1v) is 8.63. The molecule has 0 radical (unpaired) electrons. The van der Waals surface area contributed by atoms with Crippen LogP contribution in [0.15, 0.2) is 0 Å². The van der Waals surface area contributed by atoms with Crippen molar-refractivity contribution in [1.82, 2.24) is 4.90 Å². The normalized spacial score (nSPS) is 16.0. The Balaban J connectivity index is 2.16. The van der Waals surface area contributed by atoms with Crippen LogP contribution in [0.1, 0.15) is 71.6 Å². The van der Waals surface area contributed by atoms with Crippen molar-refractivity contribution in [2.24, 2.45) is 5.92 Å². The zero-order valence-corrected chi connectivity index (χ0v) is 13.7. The Kier molecular flexibility index (Phi) is 9.11. The fourth-order valence-corrected chi connectivity index (χ4v) is 2.72. The summed E-state index contributed by atoms with van der Waals surface area (Å²) in [5.74, 6) is 0.167. The first kappa shape index (κ1) is 18.0. The van der Waals surface area contributed by atoms with Gasteiger partial charge in [0.05, 0.1) is 12.5 Å². The number of esters is 1. The standard InChI is InChI=1S/C17H31NO3/c1-3-5-6-7-8-9-16(19)18-12-10-15(11-13-18)17(20)21-14-4-2/h15H,3-14H2,1-2H3. The quantitative estimate of drug-likeness (QED) is 0.483. The molecule has 0 aromatic heterocycles. The minimum atomic E-state index is -0.0801. The van der Waals surface area contributed by atoms with E-state index in [9.17, 15) is 9.59 Å². The topological polar surface area (TPSA) is 46.6 Å². The van der Waals surface area contributed by atoms with E-state index in [1.807, 2.05) is 11.8 Å². The van der Waals surface area contributed by atoms with Crippen LogP contribution in [-0.2, 0) is 14.3 Å². The van der Waals surface area contributed by atoms with E-state index in [0.717, 1.165) is 32.1 Å². The van der Waals surface area contributed by atoms with Crippen LogP contribution in [0, 0.1) is 5.92 Å². The first-order valence-electron chi connectivity index (χ1n) is 8.63. The van der Waals surface area contributed by atoms with Crippen LogP contribution in [0.3, 0.4) is 0 Å². The SMILES string of the molecule is CCCCCCCC(=O)N1CCC(C(=O)OCCC)CC1. The Bertz CT molecular complexity index is 309. The molecule has 0 aliphatic carbocycles. The van der Waals surface area contributed by atoms with Gasteiger partial charge in [-0.3, -0.25) is 9.59 Å². The monoisotopic (exact) mass is 297 g/mol. The van der Waals surface area contributed by atoms with Crippen molar-refractivity contribution in [1.29, 1.82) is 0 Å². The molecule has 1 amide bonds. The maximum absolute atomic E-state index is 12.1. The van der Waals surface area contributed by atoms with E-state index in [2.05, 4.69) is 6.92 Å². The van der Waals surface area contributed by atoms with Gasteiger partial charge in [-0.1, -0.05) is 39.5 Å². The number of hydrogen-bond donors (Lipinski definition) is 0. The molecule has 21 heavy (non-hydrogen) atoms. The number of piperidine rings is 1. The second kappa shape index (κ2) is 10.6. The van der Waals surface area contributed by atoms with Crippen molar-refractivity contribution in [2.45, 2.75) is 71.6 Å². The molecule has 4 heteroatoms. The zero-order chi connectivity index (χ0) is 15.5. The zero-order valence-electron chi connectivity index (χ0n) is 13.7. The van der Waals surface area contributed by atoms with Crippen LogP contribution in [0.4, 0.5) is 0 Å². The number of nitrogens with zero attached hydrogens (tertiary/aromatic N) is 1. The molecule has 1 saturated heterocycles. The Morgan fingerprint density at radius 2 is 1.67 bits per heavy atom. The molecule has 1 fully saturated rings. The highest BCUT2D eigenvalue weighted by Gasteiger charge is 2.27. The molecule has 0 aromatic rings. The Labute approximate surface area is 129 Å². The van der Waals surface area contributed by atoms with Crippen LogP contribution < -0.4 is 0 Å². The second-order valence-electron chi connectivity index (χ2n) is 5.99. The van der Waals surface area contributed by atoms with Gasteiger partial charge in [0.15, 0.2) is 0 Å². The van der Waals surface area contributed by atoms with Gasteiger partial charge < -0.3 is 9.64 Å². The summed E-state index contributed by atoms with van der Waals surface area (Å²) < 4.78 is 5.19. The van der Waals surface area contributed by atoms with Gasteiger partial charge in [-0.05, 0) is 25.7 Å². The van der Waals surface area contributed by atoms with E-state index >= 15 is 0 Å². The van der Waals surface area contributed by atoms with Crippen molar-refractivity contribution >= 4 is 11.9 Å². The molecule has 0 spiro atoms. The third kappa shape index (κ3) is 6.96. The number of carbonyl (C=O) groups is 2. The van der Waals surface area contributed by atoms with Gasteiger partial charge in [0, 0.05) is 19.5 Å². The van der Waals surface area contributed by atoms with Crippen molar-refractivity contribution in [3.63, 3.8) is 0 Å². The summed E-state index contributed by atoms with van der Waals surface area (Å²) in [4.78, 5) is 25.8. The van der Waals surface area contributed by atoms with Crippen LogP contribution in [0.5, 0.6) is 0 Å². The molecule has 1 aliphatic rings. The van der Waals surface area contributed by atoms with Gasteiger partial charge in [-0.25, -0.2) is 0 Å². The molecule has 4 nitrogen and oxygen atoms in total. The van der Waals surface area contributed by atoms with E-state index < -0.39 is 0 Å². The molecular weight excluding hydrogens is 266 g/mol. The third-order valence-electron chi connectivity index (χ3n) is 4.12. The lowest BCUT2D eigenvalue weighted by Crippen LogP contribution is -2.40. The van der Waals surface area contributed by atoms with E-state index in [1.165, 1.54) is 19.3 Å². The molecule has 0 atom stereocenters. The third-order valence-corrected chi connectivity index (χ3v) is 4.12. The molecule has 0 aromatic carbocycles. The predicted molar refractivity (Wildman–Crippen MR) is 83.9 cm³/mol. The summed E-state index contributed by atoms with van der Waals surface area (Å²) >= 11 is 0. The van der Waals surface area contributed by atoms with Crippen LogP contribution in [0.2, 0.25) is 0 Å². The van der Waals surface area contributed by atoms with Crippen LogP contribution >= 0.6 is 0 Å². The molecule has 0 saturated carbocycles. The van der Waals surface area contributed by atoms with Gasteiger partial charge in [0.25, 0.3) is 0 Å². The highest BCUT2D eigenvalue weighted by Crippen LogP contribution is 2.20. The summed E-state index contributed by atoms with van der Waals surface area (Å²) in [7, 11) is 0. The molecule has 122 valence electrons. The van der Waals surface area contributed by atoms with Gasteiger partial charge >= 0.3 is 5.97 Å². The highest BCUT2D eigenvalue weighted by molar-refractivity contribution is 5.77. The van der Waals surface area contributed by atoms with Gasteiger partial charge in [0.2, 0.25) is 5.91 Å². The summed E-state index contributed by atoms with van der Waals surface area (Å²) in [6, 6.07) is 0. The molecule has 0 bridgehead atoms. The lowest BCUT2D eigenvalue weighted by molar-refractivity contribution is -0.151. The van der Waals surface area contributed by atoms with Gasteiger partial charge in [0.1, 0.15) is 0 Å². The number of hydrogen-bond acceptors (Lipinski definition) is 3. The van der Waals surface area contributed by atoms with Crippen LogP contribution in [0.25, 0.3) is 0 Å². The predicted octanol–water partition coefficient (Wildman–Crippen LogP) is 3.54. The van der Waals surface area contributed by atoms with Crippen molar-refractivity contribution in [3.8, 4) is 0 Å². The molecule has 1 heterocycles. The average molecular weight is 297 g/mol. The molecular formula is C17H31NO3. The molecule has 1 rings (SSSR count). The fraction of sp³-hybridized carbons (Fsp3) is 0.882. The average Bonchev–Trinajstić information content (AvgIpc) is 2.52. The minimum absolute atomic E-state index is 0.00912. The van der Waals surface area contributed by atoms with E-state index in [-0.39, 0.29) is 17.8 Å². The molecule has 1 aliphatic heterocycles. The number of rotatable bonds is 9. The van der Waals surface area contributed by atoms with E-state index in [4.69, 9.17) is 4.74 Å². The Hall–Kier alpha value is -1.06. The smallest absolute Gasteiger partial charge is 0.309 e.